The second kappa shape index (κ2) is 14.6. The van der Waals surface area contributed by atoms with Gasteiger partial charge < -0.3 is 14.5 Å². The lowest BCUT2D eigenvalue weighted by molar-refractivity contribution is -0.113. The first-order chi connectivity index (χ1) is 18.9. The van der Waals surface area contributed by atoms with Crippen LogP contribution in [0.1, 0.15) is 46.5 Å². The quantitative estimate of drug-likeness (QED) is 0.276. The van der Waals surface area contributed by atoms with Gasteiger partial charge in [-0.1, -0.05) is 73.5 Å². The molecule has 3 aromatic rings. The summed E-state index contributed by atoms with van der Waals surface area (Å²) in [5.74, 6) is 0.617. The topological polar surface area (TPSA) is 49.9 Å². The smallest absolute Gasteiger partial charge is 0.254 e. The van der Waals surface area contributed by atoms with Crippen LogP contribution in [-0.2, 0) is 4.79 Å². The maximum Gasteiger partial charge on any atom is 0.254 e. The number of carbonyl (C=O) groups excluding carboxylic acids is 2. The summed E-state index contributed by atoms with van der Waals surface area (Å²) in [6.45, 7) is 12.3. The number of ether oxygens (including phenoxy) is 1. The number of Topliss-reactive ketones (excluding diaryl/α,β-unsaturated/α-hetero) is 1. The van der Waals surface area contributed by atoms with Gasteiger partial charge in [0, 0.05) is 23.3 Å². The van der Waals surface area contributed by atoms with E-state index in [-0.39, 0.29) is 37.2 Å². The zero-order chi connectivity index (χ0) is 27.8. The molecule has 3 aromatic carbocycles. The monoisotopic (exact) mass is 558 g/mol. The first-order valence-corrected chi connectivity index (χ1v) is 13.7. The van der Waals surface area contributed by atoms with E-state index >= 15 is 0 Å². The molecule has 5 nitrogen and oxygen atoms in total. The van der Waals surface area contributed by atoms with Crippen molar-refractivity contribution in [1.29, 1.82) is 0 Å². The predicted octanol–water partition coefficient (Wildman–Crippen LogP) is 6.64. The van der Waals surface area contributed by atoms with E-state index < -0.39 is 0 Å². The molecule has 0 bridgehead atoms. The molecule has 1 aliphatic heterocycles. The van der Waals surface area contributed by atoms with Gasteiger partial charge in [-0.25, -0.2) is 0 Å². The van der Waals surface area contributed by atoms with Gasteiger partial charge in [0.15, 0.2) is 5.78 Å². The summed E-state index contributed by atoms with van der Waals surface area (Å²) in [7, 11) is 0. The van der Waals surface area contributed by atoms with Crippen molar-refractivity contribution < 1.29 is 14.3 Å². The molecule has 0 radical (unpaired) electrons. The van der Waals surface area contributed by atoms with E-state index in [1.807, 2.05) is 86.7 Å². The Bertz CT molecular complexity index is 1270. The molecule has 0 spiro atoms. The molecule has 0 atom stereocenters. The molecule has 1 heterocycles. The number of nitrogens with zero attached hydrogens (tertiary/aromatic N) is 2. The first-order valence-electron chi connectivity index (χ1n) is 13.7. The molecule has 0 N–H and O–H groups in total. The summed E-state index contributed by atoms with van der Waals surface area (Å²) in [4.78, 5) is 31.2. The summed E-state index contributed by atoms with van der Waals surface area (Å²) in [5, 5.41) is 0. The molecule has 210 valence electrons. The van der Waals surface area contributed by atoms with Crippen LogP contribution in [0, 0.1) is 13.8 Å². The molecule has 0 aromatic heterocycles. The van der Waals surface area contributed by atoms with Crippen LogP contribution in [-0.4, -0.2) is 60.8 Å². The Morgan fingerprint density at radius 3 is 1.73 bits per heavy atom. The van der Waals surface area contributed by atoms with Crippen molar-refractivity contribution in [2.24, 2.45) is 0 Å². The van der Waals surface area contributed by atoms with Gasteiger partial charge in [0.1, 0.15) is 12.4 Å². The number of aryl methyl sites for hydroxylation is 2. The average molecular weight is 559 g/mol. The van der Waals surface area contributed by atoms with Crippen LogP contribution in [0.3, 0.4) is 0 Å². The maximum absolute atomic E-state index is 13.6. The van der Waals surface area contributed by atoms with Crippen LogP contribution in [0.15, 0.2) is 83.9 Å². The Morgan fingerprint density at radius 2 is 1.27 bits per heavy atom. The van der Waals surface area contributed by atoms with Gasteiger partial charge >= 0.3 is 0 Å². The number of hydrogen-bond acceptors (Lipinski definition) is 4. The van der Waals surface area contributed by atoms with E-state index in [1.165, 1.54) is 0 Å². The van der Waals surface area contributed by atoms with Crippen LogP contribution in [0.25, 0.3) is 12.2 Å². The Balaban J connectivity index is 0.00000441. The summed E-state index contributed by atoms with van der Waals surface area (Å²) in [6.07, 6.45) is 3.80. The molecule has 0 aliphatic carbocycles. The molecule has 4 rings (SSSR count). The minimum Gasteiger partial charge on any atom is -0.492 e. The van der Waals surface area contributed by atoms with E-state index in [0.717, 1.165) is 47.6 Å². The third kappa shape index (κ3) is 8.17. The van der Waals surface area contributed by atoms with Gasteiger partial charge in [0.25, 0.3) is 5.91 Å². The van der Waals surface area contributed by atoms with Crippen LogP contribution < -0.4 is 4.74 Å². The third-order valence-electron chi connectivity index (χ3n) is 7.10. The Morgan fingerprint density at radius 1 is 0.800 bits per heavy atom. The van der Waals surface area contributed by atoms with Crippen molar-refractivity contribution in [1.82, 2.24) is 9.80 Å². The molecule has 1 amide bonds. The number of halogens is 1. The molecular formula is C34H39ClN2O3. The number of hydrogen-bond donors (Lipinski definition) is 0. The number of likely N-dealkylation sites (N-methyl/N-ethyl adjacent to an activating group) is 1. The molecule has 1 aliphatic rings. The molecule has 0 unspecified atom stereocenters. The van der Waals surface area contributed by atoms with E-state index in [2.05, 4.69) is 18.7 Å². The van der Waals surface area contributed by atoms with Crippen LogP contribution in [0.5, 0.6) is 5.75 Å². The highest BCUT2D eigenvalue weighted by molar-refractivity contribution is 6.15. The fourth-order valence-corrected chi connectivity index (χ4v) is 4.62. The Labute approximate surface area is 244 Å². The number of likely N-dealkylation sites (tertiary alicyclic amines) is 1. The number of benzene rings is 3. The fraction of sp³-hybridized carbons (Fsp3) is 0.294. The van der Waals surface area contributed by atoms with Crippen molar-refractivity contribution in [2.75, 3.05) is 39.3 Å². The number of rotatable bonds is 9. The first kappa shape index (κ1) is 30.9. The third-order valence-corrected chi connectivity index (χ3v) is 7.10. The average Bonchev–Trinajstić information content (AvgIpc) is 2.95. The molecular weight excluding hydrogens is 520 g/mol. The lowest BCUT2D eigenvalue weighted by Gasteiger charge is -2.30. The molecule has 1 fully saturated rings. The number of ketones is 1. The van der Waals surface area contributed by atoms with Crippen molar-refractivity contribution >= 4 is 36.2 Å². The van der Waals surface area contributed by atoms with Gasteiger partial charge in [-0.05, 0) is 74.5 Å². The Kier molecular flexibility index (Phi) is 11.3. The van der Waals surface area contributed by atoms with Gasteiger partial charge in [0.05, 0.1) is 13.1 Å². The summed E-state index contributed by atoms with van der Waals surface area (Å²) < 4.78 is 5.89. The van der Waals surface area contributed by atoms with Crippen LogP contribution >= 0.6 is 12.4 Å². The summed E-state index contributed by atoms with van der Waals surface area (Å²) in [6, 6.07) is 23.4. The van der Waals surface area contributed by atoms with Gasteiger partial charge in [-0.3, -0.25) is 9.59 Å². The number of amides is 1. The normalized spacial score (nSPS) is 15.4. The zero-order valence-electron chi connectivity index (χ0n) is 23.9. The number of piperidine rings is 1. The lowest BCUT2D eigenvalue weighted by Crippen LogP contribution is -2.41. The van der Waals surface area contributed by atoms with Crippen molar-refractivity contribution in [2.45, 2.75) is 27.7 Å². The largest absolute Gasteiger partial charge is 0.492 e. The van der Waals surface area contributed by atoms with Crippen molar-refractivity contribution in [3.63, 3.8) is 0 Å². The van der Waals surface area contributed by atoms with Crippen molar-refractivity contribution in [3.8, 4) is 5.75 Å². The van der Waals surface area contributed by atoms with Crippen molar-refractivity contribution in [3.05, 3.63) is 112 Å². The molecule has 40 heavy (non-hydrogen) atoms. The van der Waals surface area contributed by atoms with E-state index in [9.17, 15) is 9.59 Å². The summed E-state index contributed by atoms with van der Waals surface area (Å²) >= 11 is 0. The highest BCUT2D eigenvalue weighted by Gasteiger charge is 2.29. The SMILES string of the molecule is CCN(CC)CCOc1ccc(C(=O)N2CC(=Cc3ccc(C)cc3)C(=O)C(=Cc3ccc(C)cc3)C2)cc1.Cl. The molecule has 1 saturated heterocycles. The van der Waals surface area contributed by atoms with Gasteiger partial charge in [-0.2, -0.15) is 0 Å². The van der Waals surface area contributed by atoms with Gasteiger partial charge in [0.2, 0.25) is 0 Å². The van der Waals surface area contributed by atoms with E-state index in [1.54, 1.807) is 17.0 Å². The highest BCUT2D eigenvalue weighted by Crippen LogP contribution is 2.24. The molecule has 6 heteroatoms. The minimum atomic E-state index is -0.109. The Hall–Kier alpha value is -3.67. The zero-order valence-corrected chi connectivity index (χ0v) is 24.7. The predicted molar refractivity (Wildman–Crippen MR) is 166 cm³/mol. The molecule has 0 saturated carbocycles. The van der Waals surface area contributed by atoms with E-state index in [4.69, 9.17) is 4.74 Å². The van der Waals surface area contributed by atoms with Gasteiger partial charge in [-0.15, -0.1) is 12.4 Å². The van der Waals surface area contributed by atoms with Crippen LogP contribution in [0.4, 0.5) is 0 Å². The second-order valence-corrected chi connectivity index (χ2v) is 10.1. The summed E-state index contributed by atoms with van der Waals surface area (Å²) in [5.41, 5.74) is 5.98. The lowest BCUT2D eigenvalue weighted by atomic mass is 9.93. The number of carbonyl (C=O) groups is 2. The van der Waals surface area contributed by atoms with E-state index in [0.29, 0.717) is 23.3 Å². The second-order valence-electron chi connectivity index (χ2n) is 10.1. The fourth-order valence-electron chi connectivity index (χ4n) is 4.62. The van der Waals surface area contributed by atoms with Crippen LogP contribution in [0.2, 0.25) is 0 Å². The minimum absolute atomic E-state index is 0. The highest BCUT2D eigenvalue weighted by atomic mass is 35.5. The standard InChI is InChI=1S/C34H38N2O3.ClH/c1-5-35(6-2)19-20-39-32-17-15-29(16-18-32)34(38)36-23-30(21-27-11-7-25(3)8-12-27)33(37)31(24-36)22-28-13-9-26(4)10-14-28;/h7-18,21-22H,5-6,19-20,23-24H2,1-4H3;1H. The maximum atomic E-state index is 13.6.